The molecule has 0 saturated heterocycles. The molecule has 1 N–H and O–H groups in total. The third-order valence-corrected chi connectivity index (χ3v) is 6.99. The van der Waals surface area contributed by atoms with Crippen LogP contribution >= 0.6 is 0 Å². The Balaban J connectivity index is 1.25. The molecule has 0 spiro atoms. The molecule has 5 rings (SSSR count). The first-order valence-corrected chi connectivity index (χ1v) is 12.0. The van der Waals surface area contributed by atoms with E-state index in [1.54, 1.807) is 0 Å². The Morgan fingerprint density at radius 1 is 0.935 bits per heavy atom. The first-order valence-electron chi connectivity index (χ1n) is 12.0. The second kappa shape index (κ2) is 9.25. The standard InChI is InChI=1S/C25H34N6/c1-19-17-30(18-26-19)22-13-7-11-21(12-8-14-22)27-25-28-24-23(20-9-3-2-4-10-20)15-5-6-16-31(24)29-25/h2-4,9-10,17-18,21-23H,5-8,11-16H2,1H3,(H,27,29). The van der Waals surface area contributed by atoms with Crippen LogP contribution < -0.4 is 5.32 Å². The van der Waals surface area contributed by atoms with Crippen LogP contribution in [0, 0.1) is 6.92 Å². The maximum atomic E-state index is 5.01. The minimum absolute atomic E-state index is 0.350. The van der Waals surface area contributed by atoms with Gasteiger partial charge in [-0.2, -0.15) is 4.98 Å². The summed E-state index contributed by atoms with van der Waals surface area (Å²) in [5.41, 5.74) is 2.47. The van der Waals surface area contributed by atoms with E-state index in [1.807, 2.05) is 6.33 Å². The van der Waals surface area contributed by atoms with E-state index in [-0.39, 0.29) is 0 Å². The summed E-state index contributed by atoms with van der Waals surface area (Å²) in [6.45, 7) is 3.05. The summed E-state index contributed by atoms with van der Waals surface area (Å²) >= 11 is 0. The van der Waals surface area contributed by atoms with Gasteiger partial charge in [-0.15, -0.1) is 5.10 Å². The molecule has 1 unspecified atom stereocenters. The third-order valence-electron chi connectivity index (χ3n) is 6.99. The van der Waals surface area contributed by atoms with E-state index in [4.69, 9.17) is 10.1 Å². The Bertz CT molecular complexity index is 965. The van der Waals surface area contributed by atoms with Gasteiger partial charge in [0.15, 0.2) is 0 Å². The molecule has 1 aliphatic heterocycles. The minimum atomic E-state index is 0.350. The molecule has 1 aromatic carbocycles. The SMILES string of the molecule is Cc1cn(C2CCCC(Nc3nc4n(n3)CCCCC4c3ccccc3)CCC2)cn1. The van der Waals surface area contributed by atoms with Crippen LogP contribution in [0.15, 0.2) is 42.9 Å². The molecule has 0 radical (unpaired) electrons. The maximum Gasteiger partial charge on any atom is 0.242 e. The van der Waals surface area contributed by atoms with Gasteiger partial charge >= 0.3 is 0 Å². The normalized spacial score (nSPS) is 24.6. The molecule has 2 aliphatic rings. The lowest BCUT2D eigenvalue weighted by Crippen LogP contribution is -2.23. The quantitative estimate of drug-likeness (QED) is 0.610. The summed E-state index contributed by atoms with van der Waals surface area (Å²) in [4.78, 5) is 9.43. The van der Waals surface area contributed by atoms with Crippen LogP contribution in [-0.2, 0) is 6.54 Å². The molecule has 1 saturated carbocycles. The fourth-order valence-electron chi connectivity index (χ4n) is 5.33. The predicted molar refractivity (Wildman–Crippen MR) is 123 cm³/mol. The zero-order valence-electron chi connectivity index (χ0n) is 18.6. The van der Waals surface area contributed by atoms with Crippen molar-refractivity contribution < 1.29 is 0 Å². The van der Waals surface area contributed by atoms with Gasteiger partial charge in [0.2, 0.25) is 5.95 Å². The Morgan fingerprint density at radius 2 is 1.74 bits per heavy atom. The van der Waals surface area contributed by atoms with Gasteiger partial charge in [-0.25, -0.2) is 9.67 Å². The Labute approximate surface area is 185 Å². The van der Waals surface area contributed by atoms with Crippen molar-refractivity contribution in [3.8, 4) is 0 Å². The second-order valence-corrected chi connectivity index (χ2v) is 9.29. The lowest BCUT2D eigenvalue weighted by Gasteiger charge is -2.25. The number of nitrogens with one attached hydrogen (secondary N) is 1. The van der Waals surface area contributed by atoms with Crippen LogP contribution in [0.3, 0.4) is 0 Å². The molecule has 1 aliphatic carbocycles. The minimum Gasteiger partial charge on any atom is -0.350 e. The molecule has 3 heterocycles. The first kappa shape index (κ1) is 20.3. The van der Waals surface area contributed by atoms with Gasteiger partial charge in [0, 0.05) is 30.7 Å². The summed E-state index contributed by atoms with van der Waals surface area (Å²) < 4.78 is 4.48. The Hall–Kier alpha value is -2.63. The Morgan fingerprint density at radius 3 is 2.48 bits per heavy atom. The van der Waals surface area contributed by atoms with Crippen molar-refractivity contribution in [2.75, 3.05) is 5.32 Å². The topological polar surface area (TPSA) is 60.6 Å². The lowest BCUT2D eigenvalue weighted by atomic mass is 9.93. The number of nitrogens with zero attached hydrogens (tertiary/aromatic N) is 5. The molecule has 0 amide bonds. The largest absolute Gasteiger partial charge is 0.350 e. The van der Waals surface area contributed by atoms with Crippen molar-refractivity contribution in [2.24, 2.45) is 0 Å². The third kappa shape index (κ3) is 4.68. The number of benzene rings is 1. The smallest absolute Gasteiger partial charge is 0.242 e. The highest BCUT2D eigenvalue weighted by Gasteiger charge is 2.25. The van der Waals surface area contributed by atoms with Gasteiger partial charge in [-0.1, -0.05) is 36.8 Å². The van der Waals surface area contributed by atoms with Crippen molar-refractivity contribution in [2.45, 2.75) is 89.3 Å². The summed E-state index contributed by atoms with van der Waals surface area (Å²) in [5.74, 6) is 2.31. The molecular formula is C25H34N6. The van der Waals surface area contributed by atoms with Crippen LogP contribution in [0.1, 0.15) is 86.8 Å². The molecule has 0 bridgehead atoms. The molecule has 1 atom stereocenters. The molecule has 6 nitrogen and oxygen atoms in total. The number of fused-ring (bicyclic) bond motifs is 1. The fraction of sp³-hybridized carbons (Fsp3) is 0.560. The summed E-state index contributed by atoms with van der Waals surface area (Å²) in [6, 6.07) is 11.9. The van der Waals surface area contributed by atoms with Crippen molar-refractivity contribution in [3.63, 3.8) is 0 Å². The predicted octanol–water partition coefficient (Wildman–Crippen LogP) is 5.47. The van der Waals surface area contributed by atoms with Gasteiger partial charge in [-0.05, 0) is 63.9 Å². The molecule has 31 heavy (non-hydrogen) atoms. The van der Waals surface area contributed by atoms with E-state index in [1.165, 1.54) is 56.9 Å². The van der Waals surface area contributed by atoms with E-state index in [0.717, 1.165) is 30.4 Å². The molecule has 164 valence electrons. The molecule has 1 fully saturated rings. The van der Waals surface area contributed by atoms with Crippen LogP contribution in [-0.4, -0.2) is 30.4 Å². The van der Waals surface area contributed by atoms with Crippen molar-refractivity contribution >= 4 is 5.95 Å². The molecule has 6 heteroatoms. The van der Waals surface area contributed by atoms with Gasteiger partial charge in [0.1, 0.15) is 5.82 Å². The zero-order chi connectivity index (χ0) is 21.0. The molecular weight excluding hydrogens is 384 g/mol. The highest BCUT2D eigenvalue weighted by atomic mass is 15.4. The Kier molecular flexibility index (Phi) is 6.05. The number of anilines is 1. The van der Waals surface area contributed by atoms with Crippen LogP contribution in [0.5, 0.6) is 0 Å². The van der Waals surface area contributed by atoms with E-state index in [2.05, 4.69) is 63.0 Å². The number of hydrogen-bond donors (Lipinski definition) is 1. The fourth-order valence-corrected chi connectivity index (χ4v) is 5.33. The number of aromatic nitrogens is 5. The highest BCUT2D eigenvalue weighted by molar-refractivity contribution is 5.31. The average Bonchev–Trinajstić information content (AvgIpc) is 3.31. The monoisotopic (exact) mass is 418 g/mol. The maximum absolute atomic E-state index is 5.01. The van der Waals surface area contributed by atoms with E-state index in [9.17, 15) is 0 Å². The summed E-state index contributed by atoms with van der Waals surface area (Å²) in [5, 5.41) is 8.58. The average molecular weight is 419 g/mol. The van der Waals surface area contributed by atoms with E-state index >= 15 is 0 Å². The molecule has 2 aromatic heterocycles. The van der Waals surface area contributed by atoms with E-state index < -0.39 is 0 Å². The summed E-state index contributed by atoms with van der Waals surface area (Å²) in [6.07, 6.45) is 15.0. The summed E-state index contributed by atoms with van der Waals surface area (Å²) in [7, 11) is 0. The van der Waals surface area contributed by atoms with Crippen molar-refractivity contribution in [3.05, 3.63) is 59.9 Å². The molecule has 3 aromatic rings. The van der Waals surface area contributed by atoms with E-state index in [0.29, 0.717) is 18.0 Å². The number of rotatable bonds is 4. The van der Waals surface area contributed by atoms with Gasteiger partial charge in [0.25, 0.3) is 0 Å². The van der Waals surface area contributed by atoms with Crippen LogP contribution in [0.2, 0.25) is 0 Å². The van der Waals surface area contributed by atoms with Crippen LogP contribution in [0.4, 0.5) is 5.95 Å². The number of hydrogen-bond acceptors (Lipinski definition) is 4. The second-order valence-electron chi connectivity index (χ2n) is 9.29. The van der Waals surface area contributed by atoms with Crippen molar-refractivity contribution in [1.82, 2.24) is 24.3 Å². The van der Waals surface area contributed by atoms with Crippen LogP contribution in [0.25, 0.3) is 0 Å². The lowest BCUT2D eigenvalue weighted by molar-refractivity contribution is 0.359. The number of aryl methyl sites for hydroxylation is 2. The highest BCUT2D eigenvalue weighted by Crippen LogP contribution is 2.33. The first-order chi connectivity index (χ1) is 15.3. The zero-order valence-corrected chi connectivity index (χ0v) is 18.6. The van der Waals surface area contributed by atoms with Gasteiger partial charge in [0.05, 0.1) is 12.0 Å². The van der Waals surface area contributed by atoms with Gasteiger partial charge < -0.3 is 9.88 Å². The number of imidazole rings is 1. The van der Waals surface area contributed by atoms with Gasteiger partial charge in [-0.3, -0.25) is 0 Å². The van der Waals surface area contributed by atoms with Crippen molar-refractivity contribution in [1.29, 1.82) is 0 Å².